The number of halogens is 1. The van der Waals surface area contributed by atoms with Crippen molar-refractivity contribution in [2.75, 3.05) is 26.3 Å². The molecular weight excluding hydrogens is 398 g/mol. The molecular formula is C19H24ClN5O4. The molecule has 1 atom stereocenters. The fourth-order valence-corrected chi connectivity index (χ4v) is 3.43. The SMILES string of the molecule is CC(C)(C(=O)N1CCO[C@@](COc2ccc(Cl)cc2)(CC(N)=O)C1)n1cncn1. The zero-order chi connectivity index (χ0) is 21.1. The van der Waals surface area contributed by atoms with Crippen molar-refractivity contribution >= 4 is 23.4 Å². The van der Waals surface area contributed by atoms with E-state index < -0.39 is 17.0 Å². The molecule has 0 bridgehead atoms. The first-order valence-electron chi connectivity index (χ1n) is 9.17. The van der Waals surface area contributed by atoms with Crippen molar-refractivity contribution in [3.63, 3.8) is 0 Å². The Balaban J connectivity index is 1.77. The van der Waals surface area contributed by atoms with Crippen molar-refractivity contribution in [3.8, 4) is 5.75 Å². The lowest BCUT2D eigenvalue weighted by Crippen LogP contribution is -2.60. The lowest BCUT2D eigenvalue weighted by atomic mass is 9.95. The van der Waals surface area contributed by atoms with Gasteiger partial charge in [-0.2, -0.15) is 5.10 Å². The number of morpholine rings is 1. The number of nitrogens with two attached hydrogens (primary N) is 1. The highest BCUT2D eigenvalue weighted by atomic mass is 35.5. The van der Waals surface area contributed by atoms with Gasteiger partial charge in [-0.1, -0.05) is 11.6 Å². The van der Waals surface area contributed by atoms with Gasteiger partial charge >= 0.3 is 0 Å². The van der Waals surface area contributed by atoms with Crippen molar-refractivity contribution in [1.29, 1.82) is 0 Å². The van der Waals surface area contributed by atoms with E-state index in [1.165, 1.54) is 17.3 Å². The molecule has 1 fully saturated rings. The fourth-order valence-electron chi connectivity index (χ4n) is 3.31. The smallest absolute Gasteiger partial charge is 0.250 e. The lowest BCUT2D eigenvalue weighted by molar-refractivity contribution is -0.167. The first kappa shape index (κ1) is 21.1. The van der Waals surface area contributed by atoms with E-state index in [1.54, 1.807) is 43.0 Å². The third-order valence-electron chi connectivity index (χ3n) is 4.86. The second-order valence-corrected chi connectivity index (χ2v) is 7.98. The number of aromatic nitrogens is 3. The molecule has 1 aromatic heterocycles. The molecule has 29 heavy (non-hydrogen) atoms. The Kier molecular flexibility index (Phi) is 6.09. The van der Waals surface area contributed by atoms with E-state index in [4.69, 9.17) is 26.8 Å². The summed E-state index contributed by atoms with van der Waals surface area (Å²) in [6, 6.07) is 6.85. The average Bonchev–Trinajstić information content (AvgIpc) is 3.22. The molecule has 0 aliphatic carbocycles. The van der Waals surface area contributed by atoms with Crippen LogP contribution >= 0.6 is 11.6 Å². The summed E-state index contributed by atoms with van der Waals surface area (Å²) in [5.41, 5.74) is 3.48. The predicted molar refractivity (Wildman–Crippen MR) is 105 cm³/mol. The second kappa shape index (κ2) is 8.38. The molecule has 2 N–H and O–H groups in total. The molecule has 0 unspecified atom stereocenters. The van der Waals surface area contributed by atoms with E-state index in [9.17, 15) is 9.59 Å². The molecule has 1 saturated heterocycles. The number of amides is 2. The van der Waals surface area contributed by atoms with E-state index >= 15 is 0 Å². The molecule has 2 amide bonds. The summed E-state index contributed by atoms with van der Waals surface area (Å²) in [6.45, 7) is 4.40. The first-order valence-corrected chi connectivity index (χ1v) is 9.55. The molecule has 9 nitrogen and oxygen atoms in total. The fraction of sp³-hybridized carbons (Fsp3) is 0.474. The van der Waals surface area contributed by atoms with Gasteiger partial charge in [-0.15, -0.1) is 0 Å². The Morgan fingerprint density at radius 3 is 2.69 bits per heavy atom. The Morgan fingerprint density at radius 2 is 2.07 bits per heavy atom. The van der Waals surface area contributed by atoms with Crippen LogP contribution in [0.3, 0.4) is 0 Å². The van der Waals surface area contributed by atoms with Crippen LogP contribution in [0.4, 0.5) is 0 Å². The summed E-state index contributed by atoms with van der Waals surface area (Å²) >= 11 is 5.90. The summed E-state index contributed by atoms with van der Waals surface area (Å²) in [7, 11) is 0. The quantitative estimate of drug-likeness (QED) is 0.719. The van der Waals surface area contributed by atoms with Crippen LogP contribution in [0.1, 0.15) is 20.3 Å². The third-order valence-corrected chi connectivity index (χ3v) is 5.11. The van der Waals surface area contributed by atoms with Crippen LogP contribution < -0.4 is 10.5 Å². The summed E-state index contributed by atoms with van der Waals surface area (Å²) in [6.07, 6.45) is 2.80. The van der Waals surface area contributed by atoms with Gasteiger partial charge in [-0.3, -0.25) is 9.59 Å². The van der Waals surface area contributed by atoms with Crippen LogP contribution in [0, 0.1) is 0 Å². The predicted octanol–water partition coefficient (Wildman–Crippen LogP) is 1.22. The molecule has 10 heteroatoms. The monoisotopic (exact) mass is 421 g/mol. The van der Waals surface area contributed by atoms with Gasteiger partial charge < -0.3 is 20.1 Å². The maximum atomic E-state index is 13.2. The number of carbonyl (C=O) groups excluding carboxylic acids is 2. The van der Waals surface area contributed by atoms with Crippen molar-refractivity contribution in [1.82, 2.24) is 19.7 Å². The molecule has 3 rings (SSSR count). The lowest BCUT2D eigenvalue weighted by Gasteiger charge is -2.44. The number of nitrogens with zero attached hydrogens (tertiary/aromatic N) is 4. The van der Waals surface area contributed by atoms with Gasteiger partial charge in [0.15, 0.2) is 0 Å². The number of benzene rings is 1. The van der Waals surface area contributed by atoms with E-state index in [0.29, 0.717) is 17.3 Å². The Labute approximate surface area is 173 Å². The molecule has 1 aliphatic heterocycles. The van der Waals surface area contributed by atoms with Crippen LogP contribution in [0.5, 0.6) is 5.75 Å². The topological polar surface area (TPSA) is 113 Å². The number of carbonyl (C=O) groups is 2. The van der Waals surface area contributed by atoms with E-state index in [0.717, 1.165) is 0 Å². The van der Waals surface area contributed by atoms with Crippen molar-refractivity contribution in [2.24, 2.45) is 5.73 Å². The molecule has 2 aromatic rings. The number of ether oxygens (including phenoxy) is 2. The zero-order valence-corrected chi connectivity index (χ0v) is 17.1. The third kappa shape index (κ3) is 4.86. The zero-order valence-electron chi connectivity index (χ0n) is 16.4. The largest absolute Gasteiger partial charge is 0.490 e. The van der Waals surface area contributed by atoms with Gasteiger partial charge in [0.25, 0.3) is 0 Å². The summed E-state index contributed by atoms with van der Waals surface area (Å²) in [4.78, 5) is 30.5. The molecule has 2 heterocycles. The summed E-state index contributed by atoms with van der Waals surface area (Å²) in [5.74, 6) is -0.116. The summed E-state index contributed by atoms with van der Waals surface area (Å²) in [5, 5.41) is 4.68. The number of primary amides is 1. The van der Waals surface area contributed by atoms with Gasteiger partial charge in [0.1, 0.15) is 36.2 Å². The van der Waals surface area contributed by atoms with E-state index in [-0.39, 0.29) is 32.1 Å². The Bertz CT molecular complexity index is 856. The number of rotatable bonds is 7. The standard InChI is InChI=1S/C19H24ClN5O4/c1-18(2,25-13-22-12-23-25)17(27)24-7-8-29-19(10-24,9-16(21)26)11-28-15-5-3-14(20)4-6-15/h3-6,12-13H,7-11H2,1-2H3,(H2,21,26)/t19-/m0/s1. The Hall–Kier alpha value is -2.65. The minimum Gasteiger partial charge on any atom is -0.490 e. The highest BCUT2D eigenvalue weighted by molar-refractivity contribution is 6.30. The molecule has 156 valence electrons. The average molecular weight is 422 g/mol. The van der Waals surface area contributed by atoms with Crippen LogP contribution in [-0.4, -0.2) is 63.4 Å². The van der Waals surface area contributed by atoms with Gasteiger partial charge in [-0.25, -0.2) is 9.67 Å². The molecule has 1 aromatic carbocycles. The van der Waals surface area contributed by atoms with Gasteiger partial charge in [0.2, 0.25) is 11.8 Å². The molecule has 0 saturated carbocycles. The molecule has 1 aliphatic rings. The van der Waals surface area contributed by atoms with E-state index in [2.05, 4.69) is 10.1 Å². The van der Waals surface area contributed by atoms with Crippen LogP contribution in [0.25, 0.3) is 0 Å². The maximum Gasteiger partial charge on any atom is 0.250 e. The highest BCUT2D eigenvalue weighted by Gasteiger charge is 2.44. The highest BCUT2D eigenvalue weighted by Crippen LogP contribution is 2.27. The molecule has 0 spiro atoms. The van der Waals surface area contributed by atoms with Crippen molar-refractivity contribution in [3.05, 3.63) is 41.9 Å². The van der Waals surface area contributed by atoms with Crippen molar-refractivity contribution in [2.45, 2.75) is 31.4 Å². The van der Waals surface area contributed by atoms with Crippen LogP contribution in [0.15, 0.2) is 36.9 Å². The number of hydrogen-bond acceptors (Lipinski definition) is 6. The minimum absolute atomic E-state index is 0.0606. The Morgan fingerprint density at radius 1 is 1.34 bits per heavy atom. The second-order valence-electron chi connectivity index (χ2n) is 7.54. The minimum atomic E-state index is -1.04. The summed E-state index contributed by atoms with van der Waals surface area (Å²) < 4.78 is 13.3. The van der Waals surface area contributed by atoms with Gasteiger partial charge in [0, 0.05) is 11.6 Å². The van der Waals surface area contributed by atoms with E-state index in [1.807, 2.05) is 0 Å². The normalized spacial score (nSPS) is 19.8. The van der Waals surface area contributed by atoms with Crippen LogP contribution in [0.2, 0.25) is 5.02 Å². The van der Waals surface area contributed by atoms with Crippen LogP contribution in [-0.2, 0) is 19.9 Å². The molecule has 0 radical (unpaired) electrons. The van der Waals surface area contributed by atoms with Gasteiger partial charge in [0.05, 0.1) is 19.6 Å². The maximum absolute atomic E-state index is 13.2. The first-order chi connectivity index (χ1) is 13.7. The van der Waals surface area contributed by atoms with Crippen molar-refractivity contribution < 1.29 is 19.1 Å². The van der Waals surface area contributed by atoms with Gasteiger partial charge in [-0.05, 0) is 38.1 Å². The number of hydrogen-bond donors (Lipinski definition) is 1.